The maximum absolute atomic E-state index is 5.94. The lowest BCUT2D eigenvalue weighted by Gasteiger charge is -2.38. The fourth-order valence-corrected chi connectivity index (χ4v) is 2.91. The van der Waals surface area contributed by atoms with Crippen LogP contribution in [0.15, 0.2) is 0 Å². The molecule has 19 heavy (non-hydrogen) atoms. The molecule has 0 saturated carbocycles. The minimum atomic E-state index is 0.477. The molecule has 1 fully saturated rings. The quantitative estimate of drug-likeness (QED) is 0.832. The summed E-state index contributed by atoms with van der Waals surface area (Å²) in [6.07, 6.45) is 4.79. The summed E-state index contributed by atoms with van der Waals surface area (Å²) < 4.78 is 1.92. The molecule has 2 rings (SSSR count). The first kappa shape index (κ1) is 14.4. The van der Waals surface area contributed by atoms with Gasteiger partial charge < -0.3 is 5.73 Å². The van der Waals surface area contributed by atoms with E-state index in [2.05, 4.69) is 34.3 Å². The van der Waals surface area contributed by atoms with Crippen molar-refractivity contribution in [2.75, 3.05) is 13.1 Å². The maximum Gasteiger partial charge on any atom is 0.165 e. The van der Waals surface area contributed by atoms with E-state index < -0.39 is 0 Å². The van der Waals surface area contributed by atoms with Crippen LogP contribution < -0.4 is 5.73 Å². The van der Waals surface area contributed by atoms with Crippen LogP contribution in [0.5, 0.6) is 0 Å². The summed E-state index contributed by atoms with van der Waals surface area (Å²) >= 11 is 0. The van der Waals surface area contributed by atoms with E-state index in [9.17, 15) is 0 Å². The van der Waals surface area contributed by atoms with Crippen molar-refractivity contribution in [2.24, 2.45) is 11.7 Å². The summed E-state index contributed by atoms with van der Waals surface area (Å²) in [5.41, 5.74) is 5.94. The standard InChI is InChI=1S/C13H26N6/c1-3-6-19-13(15-16-17-19)10-18-7-5-11(4-2)8-12(18)9-14/h11-12H,3-10,14H2,1-2H3. The van der Waals surface area contributed by atoms with E-state index in [0.29, 0.717) is 6.04 Å². The second kappa shape index (κ2) is 6.96. The number of likely N-dealkylation sites (tertiary alicyclic amines) is 1. The van der Waals surface area contributed by atoms with E-state index in [1.54, 1.807) is 0 Å². The van der Waals surface area contributed by atoms with Gasteiger partial charge in [-0.1, -0.05) is 20.3 Å². The smallest absolute Gasteiger partial charge is 0.165 e. The van der Waals surface area contributed by atoms with Gasteiger partial charge in [0.05, 0.1) is 6.54 Å². The van der Waals surface area contributed by atoms with Crippen molar-refractivity contribution in [3.8, 4) is 0 Å². The molecule has 0 radical (unpaired) electrons. The fraction of sp³-hybridized carbons (Fsp3) is 0.923. The molecular weight excluding hydrogens is 240 g/mol. The van der Waals surface area contributed by atoms with E-state index >= 15 is 0 Å². The Balaban J connectivity index is 1.99. The number of rotatable bonds is 6. The Bertz CT molecular complexity index is 377. The monoisotopic (exact) mass is 266 g/mol. The van der Waals surface area contributed by atoms with E-state index in [1.807, 2.05) is 4.68 Å². The Kier molecular flexibility index (Phi) is 5.27. The van der Waals surface area contributed by atoms with Gasteiger partial charge in [0.2, 0.25) is 0 Å². The van der Waals surface area contributed by atoms with E-state index in [1.165, 1.54) is 19.3 Å². The van der Waals surface area contributed by atoms with Crippen LogP contribution in [0.4, 0.5) is 0 Å². The third kappa shape index (κ3) is 3.51. The molecule has 2 atom stereocenters. The van der Waals surface area contributed by atoms with Gasteiger partial charge in [-0.25, -0.2) is 4.68 Å². The third-order valence-electron chi connectivity index (χ3n) is 4.18. The molecule has 1 aromatic rings. The number of nitrogens with zero attached hydrogens (tertiary/aromatic N) is 5. The van der Waals surface area contributed by atoms with Gasteiger partial charge in [-0.3, -0.25) is 4.90 Å². The Morgan fingerprint density at radius 1 is 1.37 bits per heavy atom. The molecule has 2 heterocycles. The van der Waals surface area contributed by atoms with Gasteiger partial charge in [0.1, 0.15) is 0 Å². The van der Waals surface area contributed by atoms with Gasteiger partial charge in [-0.15, -0.1) is 5.10 Å². The SMILES string of the molecule is CCCn1nnnc1CN1CCC(CC)CC1CN. The summed E-state index contributed by atoms with van der Waals surface area (Å²) in [6.45, 7) is 7.97. The van der Waals surface area contributed by atoms with E-state index in [0.717, 1.165) is 44.3 Å². The first-order valence-corrected chi connectivity index (χ1v) is 7.47. The third-order valence-corrected chi connectivity index (χ3v) is 4.18. The van der Waals surface area contributed by atoms with E-state index in [4.69, 9.17) is 5.73 Å². The predicted molar refractivity (Wildman–Crippen MR) is 74.4 cm³/mol. The highest BCUT2D eigenvalue weighted by Crippen LogP contribution is 2.25. The zero-order valence-corrected chi connectivity index (χ0v) is 12.1. The summed E-state index contributed by atoms with van der Waals surface area (Å²) in [5, 5.41) is 12.0. The molecule has 1 aliphatic rings. The maximum atomic E-state index is 5.94. The fourth-order valence-electron chi connectivity index (χ4n) is 2.91. The minimum absolute atomic E-state index is 0.477. The molecule has 6 heteroatoms. The van der Waals surface area contributed by atoms with Gasteiger partial charge in [0, 0.05) is 19.1 Å². The highest BCUT2D eigenvalue weighted by Gasteiger charge is 2.27. The lowest BCUT2D eigenvalue weighted by atomic mass is 9.89. The van der Waals surface area contributed by atoms with Crippen LogP contribution in [0.1, 0.15) is 45.4 Å². The van der Waals surface area contributed by atoms with E-state index in [-0.39, 0.29) is 0 Å². The van der Waals surface area contributed by atoms with Gasteiger partial charge in [0.15, 0.2) is 5.82 Å². The summed E-state index contributed by atoms with van der Waals surface area (Å²) in [6, 6.07) is 0.477. The number of tetrazole rings is 1. The van der Waals surface area contributed by atoms with Gasteiger partial charge in [-0.2, -0.15) is 0 Å². The van der Waals surface area contributed by atoms with Crippen LogP contribution in [0.2, 0.25) is 0 Å². The molecule has 1 saturated heterocycles. The molecule has 1 aromatic heterocycles. The van der Waals surface area contributed by atoms with Crippen LogP contribution in [0, 0.1) is 5.92 Å². The zero-order valence-electron chi connectivity index (χ0n) is 12.1. The number of aromatic nitrogens is 4. The molecule has 0 spiro atoms. The topological polar surface area (TPSA) is 72.9 Å². The Morgan fingerprint density at radius 3 is 2.89 bits per heavy atom. The molecule has 6 nitrogen and oxygen atoms in total. The van der Waals surface area contributed by atoms with Gasteiger partial charge >= 0.3 is 0 Å². The lowest BCUT2D eigenvalue weighted by molar-refractivity contribution is 0.103. The molecular formula is C13H26N6. The summed E-state index contributed by atoms with van der Waals surface area (Å²) in [5.74, 6) is 1.80. The van der Waals surface area contributed by atoms with Crippen molar-refractivity contribution < 1.29 is 0 Å². The second-order valence-corrected chi connectivity index (χ2v) is 5.48. The zero-order chi connectivity index (χ0) is 13.7. The summed E-state index contributed by atoms with van der Waals surface area (Å²) in [7, 11) is 0. The predicted octanol–water partition coefficient (Wildman–Crippen LogP) is 1.03. The summed E-state index contributed by atoms with van der Waals surface area (Å²) in [4.78, 5) is 2.45. The largest absolute Gasteiger partial charge is 0.329 e. The van der Waals surface area contributed by atoms with Crippen molar-refractivity contribution >= 4 is 0 Å². The Morgan fingerprint density at radius 2 is 2.21 bits per heavy atom. The average molecular weight is 266 g/mol. The first-order valence-electron chi connectivity index (χ1n) is 7.47. The van der Waals surface area contributed by atoms with Gasteiger partial charge in [0.25, 0.3) is 0 Å². The number of aryl methyl sites for hydroxylation is 1. The van der Waals surface area contributed by atoms with Crippen molar-refractivity contribution in [3.63, 3.8) is 0 Å². The van der Waals surface area contributed by atoms with Crippen molar-refractivity contribution in [1.29, 1.82) is 0 Å². The van der Waals surface area contributed by atoms with Crippen molar-refractivity contribution in [2.45, 2.75) is 58.7 Å². The normalized spacial score (nSPS) is 24.8. The minimum Gasteiger partial charge on any atom is -0.329 e. The molecule has 1 aliphatic heterocycles. The molecule has 2 unspecified atom stereocenters. The molecule has 108 valence electrons. The van der Waals surface area contributed by atoms with Crippen LogP contribution in [-0.4, -0.2) is 44.2 Å². The molecule has 0 amide bonds. The molecule has 0 aromatic carbocycles. The van der Waals surface area contributed by atoms with Crippen molar-refractivity contribution in [1.82, 2.24) is 25.1 Å². The molecule has 2 N–H and O–H groups in total. The first-order chi connectivity index (χ1) is 9.28. The lowest BCUT2D eigenvalue weighted by Crippen LogP contribution is -2.46. The number of hydrogen-bond donors (Lipinski definition) is 1. The molecule has 0 aliphatic carbocycles. The Hall–Kier alpha value is -1.01. The van der Waals surface area contributed by atoms with Crippen LogP contribution in [0.3, 0.4) is 0 Å². The van der Waals surface area contributed by atoms with Crippen LogP contribution in [0.25, 0.3) is 0 Å². The number of nitrogens with two attached hydrogens (primary N) is 1. The highest BCUT2D eigenvalue weighted by atomic mass is 15.5. The Labute approximate surface area is 115 Å². The van der Waals surface area contributed by atoms with Gasteiger partial charge in [-0.05, 0) is 42.2 Å². The van der Waals surface area contributed by atoms with Crippen LogP contribution in [-0.2, 0) is 13.1 Å². The number of hydrogen-bond acceptors (Lipinski definition) is 5. The average Bonchev–Trinajstić information content (AvgIpc) is 2.87. The van der Waals surface area contributed by atoms with Crippen LogP contribution >= 0.6 is 0 Å². The number of piperidine rings is 1. The second-order valence-electron chi connectivity index (χ2n) is 5.48. The highest BCUT2D eigenvalue weighted by molar-refractivity contribution is 4.88. The van der Waals surface area contributed by atoms with Crippen molar-refractivity contribution in [3.05, 3.63) is 5.82 Å². The molecule has 0 bridgehead atoms.